The molecule has 5 heteroatoms. The Balaban J connectivity index is 3.87. The first kappa shape index (κ1) is 9.65. The van der Waals surface area contributed by atoms with Crippen LogP contribution in [0.2, 0.25) is 0 Å². The van der Waals surface area contributed by atoms with Gasteiger partial charge in [0, 0.05) is 0 Å². The van der Waals surface area contributed by atoms with E-state index < -0.39 is 24.9 Å². The summed E-state index contributed by atoms with van der Waals surface area (Å²) in [6.45, 7) is 0.545. The number of alkyl halides is 3. The first-order valence-electron chi connectivity index (χ1n) is 2.55. The fourth-order valence-electron chi connectivity index (χ4n) is 0.319. The minimum Gasteiger partial charge on any atom is -0.241 e. The van der Waals surface area contributed by atoms with Gasteiger partial charge < -0.3 is 0 Å². The Morgan fingerprint density at radius 3 is 1.90 bits per heavy atom. The second-order valence-electron chi connectivity index (χ2n) is 1.89. The van der Waals surface area contributed by atoms with E-state index in [1.54, 1.807) is 0 Å². The quantitative estimate of drug-likeness (QED) is 0.558. The van der Waals surface area contributed by atoms with Crippen molar-refractivity contribution in [2.45, 2.75) is 25.4 Å². The highest BCUT2D eigenvalue weighted by Gasteiger charge is 2.40. The summed E-state index contributed by atoms with van der Waals surface area (Å²) < 4.78 is 57.9. The molecule has 0 N–H and O–H groups in total. The molecule has 0 saturated heterocycles. The molecule has 1 unspecified atom stereocenters. The van der Waals surface area contributed by atoms with Gasteiger partial charge in [0.25, 0.3) is 5.92 Å². The van der Waals surface area contributed by atoms with Crippen molar-refractivity contribution in [2.75, 3.05) is 0 Å². The van der Waals surface area contributed by atoms with Crippen LogP contribution in [0.1, 0.15) is 13.3 Å². The summed E-state index contributed by atoms with van der Waals surface area (Å²) in [5, 5.41) is 0. The lowest BCUT2D eigenvalue weighted by molar-refractivity contribution is -0.0817. The normalized spacial score (nSPS) is 15.9. The molecule has 0 bridgehead atoms. The van der Waals surface area contributed by atoms with Crippen molar-refractivity contribution in [2.24, 2.45) is 0 Å². The molecule has 0 aliphatic rings. The minimum atomic E-state index is -3.93. The molecule has 0 rings (SSSR count). The molecule has 0 amide bonds. The van der Waals surface area contributed by atoms with Crippen LogP contribution < -0.4 is 0 Å². The van der Waals surface area contributed by atoms with E-state index in [1.165, 1.54) is 0 Å². The molecule has 0 aromatic carbocycles. The molecule has 0 fully saturated rings. The molecule has 0 spiro atoms. The number of hydrogen-bond acceptors (Lipinski definition) is 0. The van der Waals surface area contributed by atoms with Gasteiger partial charge >= 0.3 is 6.43 Å². The van der Waals surface area contributed by atoms with Gasteiger partial charge in [0.2, 0.25) is 0 Å². The van der Waals surface area contributed by atoms with Crippen molar-refractivity contribution in [1.82, 2.24) is 0 Å². The van der Waals surface area contributed by atoms with E-state index in [0.717, 1.165) is 0 Å². The smallest absolute Gasteiger partial charge is 0.241 e. The highest BCUT2D eigenvalue weighted by Crippen LogP contribution is 2.30. The van der Waals surface area contributed by atoms with Crippen LogP contribution in [0.3, 0.4) is 0 Å². The van der Waals surface area contributed by atoms with Crippen molar-refractivity contribution in [3.8, 4) is 0 Å². The van der Waals surface area contributed by atoms with Gasteiger partial charge in [-0.3, -0.25) is 0 Å². The van der Waals surface area contributed by atoms with Crippen molar-refractivity contribution in [3.05, 3.63) is 6.43 Å². The van der Waals surface area contributed by atoms with Crippen LogP contribution in [-0.4, -0.2) is 12.1 Å². The summed E-state index contributed by atoms with van der Waals surface area (Å²) in [5.74, 6) is -3.93. The molecule has 0 aliphatic carbocycles. The zero-order chi connectivity index (χ0) is 8.36. The Kier molecular flexibility index (Phi) is 3.05. The predicted octanol–water partition coefficient (Wildman–Crippen LogP) is 2.80. The molecule has 10 heavy (non-hydrogen) atoms. The van der Waals surface area contributed by atoms with E-state index in [2.05, 4.69) is 0 Å². The minimum absolute atomic E-state index is 0.545. The maximum Gasteiger partial charge on any atom is 0.316 e. The van der Waals surface area contributed by atoms with Crippen molar-refractivity contribution < 1.29 is 22.0 Å². The van der Waals surface area contributed by atoms with Gasteiger partial charge in [0.05, 0.1) is 6.42 Å². The maximum atomic E-state index is 11.9. The Bertz CT molecular complexity index is 98.2. The van der Waals surface area contributed by atoms with E-state index in [-0.39, 0.29) is 0 Å². The van der Waals surface area contributed by atoms with Crippen molar-refractivity contribution in [3.63, 3.8) is 0 Å². The second kappa shape index (κ2) is 3.16. The van der Waals surface area contributed by atoms with Gasteiger partial charge in [0.15, 0.2) is 6.17 Å². The van der Waals surface area contributed by atoms with E-state index >= 15 is 0 Å². The fourth-order valence-corrected chi connectivity index (χ4v) is 0.319. The van der Waals surface area contributed by atoms with Crippen LogP contribution in [0.4, 0.5) is 22.0 Å². The number of hydrogen-bond donors (Lipinski definition) is 0. The van der Waals surface area contributed by atoms with E-state index in [0.29, 0.717) is 6.92 Å². The highest BCUT2D eigenvalue weighted by atomic mass is 19.3. The van der Waals surface area contributed by atoms with E-state index in [1.807, 2.05) is 0 Å². The topological polar surface area (TPSA) is 0 Å². The van der Waals surface area contributed by atoms with Gasteiger partial charge in [-0.05, 0) is 6.92 Å². The third-order valence-electron chi connectivity index (χ3n) is 0.951. The Hall–Kier alpha value is -0.350. The molecule has 61 valence electrons. The monoisotopic (exact) mass is 161 g/mol. The lowest BCUT2D eigenvalue weighted by atomic mass is 10.2. The van der Waals surface area contributed by atoms with Crippen LogP contribution in [0.25, 0.3) is 0 Å². The first-order chi connectivity index (χ1) is 4.36. The van der Waals surface area contributed by atoms with Crippen LogP contribution >= 0.6 is 0 Å². The molecule has 0 nitrogen and oxygen atoms in total. The molecular weight excluding hydrogens is 155 g/mol. The predicted molar refractivity (Wildman–Crippen MR) is 25.6 cm³/mol. The largest absolute Gasteiger partial charge is 0.316 e. The molecule has 1 atom stereocenters. The van der Waals surface area contributed by atoms with E-state index in [4.69, 9.17) is 0 Å². The SMILES string of the molecule is CC(F)C(F)(F)C[C](F)F. The summed E-state index contributed by atoms with van der Waals surface area (Å²) in [7, 11) is 0. The average Bonchev–Trinajstić information content (AvgIpc) is 1.60. The first-order valence-corrected chi connectivity index (χ1v) is 2.55. The number of halogens is 5. The molecule has 0 saturated carbocycles. The molecular formula is C5H6F5. The van der Waals surface area contributed by atoms with Gasteiger partial charge in [-0.15, -0.1) is 0 Å². The van der Waals surface area contributed by atoms with Crippen LogP contribution in [0.5, 0.6) is 0 Å². The molecule has 0 heterocycles. The van der Waals surface area contributed by atoms with Crippen LogP contribution in [0.15, 0.2) is 0 Å². The van der Waals surface area contributed by atoms with Gasteiger partial charge in [-0.1, -0.05) is 0 Å². The standard InChI is InChI=1S/C5H6F5/c1-3(6)5(9,10)2-4(7)8/h3H,2H2,1H3. The highest BCUT2D eigenvalue weighted by molar-refractivity contribution is 4.79. The van der Waals surface area contributed by atoms with Crippen molar-refractivity contribution >= 4 is 0 Å². The second-order valence-corrected chi connectivity index (χ2v) is 1.89. The Morgan fingerprint density at radius 1 is 1.40 bits per heavy atom. The molecule has 0 aromatic heterocycles. The summed E-state index contributed by atoms with van der Waals surface area (Å²) in [6, 6.07) is 0. The van der Waals surface area contributed by atoms with Gasteiger partial charge in [-0.25, -0.2) is 13.2 Å². The Morgan fingerprint density at radius 2 is 1.80 bits per heavy atom. The zero-order valence-corrected chi connectivity index (χ0v) is 5.17. The molecule has 0 aliphatic heterocycles. The van der Waals surface area contributed by atoms with Gasteiger partial charge in [-0.2, -0.15) is 8.78 Å². The Labute approximate surface area is 55.0 Å². The lowest BCUT2D eigenvalue weighted by Crippen LogP contribution is -2.28. The van der Waals surface area contributed by atoms with Crippen LogP contribution in [0, 0.1) is 6.43 Å². The summed E-state index contributed by atoms with van der Waals surface area (Å²) >= 11 is 0. The van der Waals surface area contributed by atoms with Gasteiger partial charge in [0.1, 0.15) is 0 Å². The molecule has 0 aromatic rings. The lowest BCUT2D eigenvalue weighted by Gasteiger charge is -2.15. The third-order valence-corrected chi connectivity index (χ3v) is 0.951. The van der Waals surface area contributed by atoms with Crippen molar-refractivity contribution in [1.29, 1.82) is 0 Å². The third kappa shape index (κ3) is 2.98. The van der Waals surface area contributed by atoms with E-state index in [9.17, 15) is 22.0 Å². The zero-order valence-electron chi connectivity index (χ0n) is 5.17. The summed E-state index contributed by atoms with van der Waals surface area (Å²) in [5.41, 5.74) is 0. The van der Waals surface area contributed by atoms with Crippen LogP contribution in [-0.2, 0) is 0 Å². The molecule has 1 radical (unpaired) electrons. The number of rotatable bonds is 3. The maximum absolute atomic E-state index is 11.9. The summed E-state index contributed by atoms with van der Waals surface area (Å²) in [6.07, 6.45) is -6.77. The summed E-state index contributed by atoms with van der Waals surface area (Å²) in [4.78, 5) is 0. The average molecular weight is 161 g/mol. The fraction of sp³-hybridized carbons (Fsp3) is 0.800.